The molecule has 0 aromatic carbocycles. The van der Waals surface area contributed by atoms with Gasteiger partial charge in [-0.25, -0.2) is 9.97 Å². The molecule has 0 radical (unpaired) electrons. The van der Waals surface area contributed by atoms with Crippen LogP contribution in [0.25, 0.3) is 11.3 Å². The minimum absolute atomic E-state index is 0.0100. The monoisotopic (exact) mass is 411 g/mol. The molecule has 29 heavy (non-hydrogen) atoms. The third kappa shape index (κ3) is 4.86. The van der Waals surface area contributed by atoms with Crippen molar-refractivity contribution in [2.24, 2.45) is 5.92 Å². The molecule has 3 aromatic heterocycles. The summed E-state index contributed by atoms with van der Waals surface area (Å²) in [6.45, 7) is 3.50. The van der Waals surface area contributed by atoms with Crippen LogP contribution in [0.5, 0.6) is 0 Å². The van der Waals surface area contributed by atoms with Crippen molar-refractivity contribution in [2.75, 3.05) is 32.1 Å². The minimum atomic E-state index is -0.0100. The van der Waals surface area contributed by atoms with E-state index in [1.807, 2.05) is 31.1 Å². The first-order valence-corrected chi connectivity index (χ1v) is 10.5. The molecule has 152 valence electrons. The fraction of sp³-hybridized carbons (Fsp3) is 0.450. The van der Waals surface area contributed by atoms with Gasteiger partial charge in [-0.3, -0.25) is 19.2 Å². The van der Waals surface area contributed by atoms with Crippen LogP contribution in [-0.2, 0) is 13.1 Å². The van der Waals surface area contributed by atoms with E-state index in [9.17, 15) is 4.79 Å². The van der Waals surface area contributed by atoms with Gasteiger partial charge in [-0.2, -0.15) is 4.37 Å². The van der Waals surface area contributed by atoms with E-state index >= 15 is 0 Å². The SMILES string of the molecule is CN(C)c1nc(CN2CCC(Cn3cnc(-c4cccnc4)cc3=O)CC2)ns1. The van der Waals surface area contributed by atoms with E-state index in [0.29, 0.717) is 18.2 Å². The maximum atomic E-state index is 12.5. The Hall–Kier alpha value is -2.65. The Morgan fingerprint density at radius 2 is 2.10 bits per heavy atom. The summed E-state index contributed by atoms with van der Waals surface area (Å²) in [5, 5.41) is 0.941. The van der Waals surface area contributed by atoms with E-state index < -0.39 is 0 Å². The predicted molar refractivity (Wildman–Crippen MR) is 114 cm³/mol. The Morgan fingerprint density at radius 1 is 1.28 bits per heavy atom. The van der Waals surface area contributed by atoms with Gasteiger partial charge in [0.25, 0.3) is 5.56 Å². The molecular weight excluding hydrogens is 386 g/mol. The summed E-state index contributed by atoms with van der Waals surface area (Å²) in [6.07, 6.45) is 7.21. The van der Waals surface area contributed by atoms with Gasteiger partial charge in [0.1, 0.15) is 0 Å². The molecule has 0 spiro atoms. The molecule has 1 fully saturated rings. The second-order valence-electron chi connectivity index (χ2n) is 7.61. The summed E-state index contributed by atoms with van der Waals surface area (Å²) < 4.78 is 6.18. The van der Waals surface area contributed by atoms with Crippen molar-refractivity contribution < 1.29 is 0 Å². The number of aromatic nitrogens is 5. The van der Waals surface area contributed by atoms with Gasteiger partial charge in [-0.05, 0) is 44.0 Å². The van der Waals surface area contributed by atoms with Gasteiger partial charge in [0.05, 0.1) is 18.6 Å². The summed E-state index contributed by atoms with van der Waals surface area (Å²) in [5.74, 6) is 1.37. The maximum absolute atomic E-state index is 12.5. The van der Waals surface area contributed by atoms with Crippen molar-refractivity contribution in [1.29, 1.82) is 0 Å². The Balaban J connectivity index is 1.32. The average molecular weight is 412 g/mol. The van der Waals surface area contributed by atoms with E-state index in [1.54, 1.807) is 29.4 Å². The van der Waals surface area contributed by atoms with Crippen LogP contribution in [0.3, 0.4) is 0 Å². The lowest BCUT2D eigenvalue weighted by atomic mass is 9.96. The van der Waals surface area contributed by atoms with Crippen LogP contribution in [0, 0.1) is 5.92 Å². The largest absolute Gasteiger partial charge is 0.353 e. The van der Waals surface area contributed by atoms with E-state index in [-0.39, 0.29) is 5.56 Å². The standard InChI is InChI=1S/C20H25N7OS/c1-25(2)20-23-18(24-29-20)13-26-8-5-15(6-9-26)12-27-14-22-17(10-19(27)28)16-4-3-7-21-11-16/h3-4,7,10-11,14-15H,5-6,8-9,12-13H2,1-2H3. The van der Waals surface area contributed by atoms with Gasteiger partial charge in [-0.15, -0.1) is 0 Å². The molecule has 8 nitrogen and oxygen atoms in total. The Morgan fingerprint density at radius 3 is 2.76 bits per heavy atom. The zero-order valence-electron chi connectivity index (χ0n) is 16.7. The third-order valence-electron chi connectivity index (χ3n) is 5.20. The fourth-order valence-electron chi connectivity index (χ4n) is 3.53. The van der Waals surface area contributed by atoms with Gasteiger partial charge in [-0.1, -0.05) is 0 Å². The Kier molecular flexibility index (Phi) is 5.96. The normalized spacial score (nSPS) is 15.5. The van der Waals surface area contributed by atoms with E-state index in [0.717, 1.165) is 49.0 Å². The van der Waals surface area contributed by atoms with Crippen LogP contribution >= 0.6 is 11.5 Å². The van der Waals surface area contributed by atoms with Gasteiger partial charge >= 0.3 is 0 Å². The van der Waals surface area contributed by atoms with Crippen LogP contribution in [0.1, 0.15) is 18.7 Å². The molecule has 0 N–H and O–H groups in total. The van der Waals surface area contributed by atoms with Gasteiger partial charge in [0, 0.05) is 56.2 Å². The van der Waals surface area contributed by atoms with Crippen molar-refractivity contribution in [3.8, 4) is 11.3 Å². The van der Waals surface area contributed by atoms with E-state index in [1.165, 1.54) is 11.5 Å². The maximum Gasteiger partial charge on any atom is 0.253 e. The van der Waals surface area contributed by atoms with Gasteiger partial charge < -0.3 is 4.90 Å². The lowest BCUT2D eigenvalue weighted by Gasteiger charge is -2.31. The first kappa shape index (κ1) is 19.7. The lowest BCUT2D eigenvalue weighted by Crippen LogP contribution is -2.36. The molecular formula is C20H25N7OS. The number of pyridine rings is 1. The molecule has 9 heteroatoms. The zero-order valence-corrected chi connectivity index (χ0v) is 17.5. The predicted octanol–water partition coefficient (Wildman–Crippen LogP) is 2.13. The molecule has 0 bridgehead atoms. The molecule has 1 aliphatic rings. The number of piperidine rings is 1. The summed E-state index contributed by atoms with van der Waals surface area (Å²) in [7, 11) is 3.96. The highest BCUT2D eigenvalue weighted by Crippen LogP contribution is 2.21. The summed E-state index contributed by atoms with van der Waals surface area (Å²) >= 11 is 1.44. The molecule has 4 rings (SSSR count). The molecule has 1 aliphatic heterocycles. The number of rotatable bonds is 6. The Labute approximate surface area is 174 Å². The van der Waals surface area contributed by atoms with Crippen LogP contribution < -0.4 is 10.5 Å². The molecule has 1 saturated heterocycles. The quantitative estimate of drug-likeness (QED) is 0.615. The van der Waals surface area contributed by atoms with Crippen LogP contribution in [0.2, 0.25) is 0 Å². The average Bonchev–Trinajstić information content (AvgIpc) is 3.20. The second-order valence-corrected chi connectivity index (χ2v) is 8.34. The highest BCUT2D eigenvalue weighted by atomic mass is 32.1. The number of likely N-dealkylation sites (tertiary alicyclic amines) is 1. The lowest BCUT2D eigenvalue weighted by molar-refractivity contribution is 0.163. The summed E-state index contributed by atoms with van der Waals surface area (Å²) in [4.78, 5) is 30.0. The fourth-order valence-corrected chi connectivity index (χ4v) is 4.13. The Bertz CT molecular complexity index is 993. The van der Waals surface area contributed by atoms with Crippen molar-refractivity contribution in [1.82, 2.24) is 28.8 Å². The third-order valence-corrected chi connectivity index (χ3v) is 6.13. The first-order valence-electron chi connectivity index (χ1n) is 9.77. The number of nitrogens with zero attached hydrogens (tertiary/aromatic N) is 7. The smallest absolute Gasteiger partial charge is 0.253 e. The molecule has 0 aliphatic carbocycles. The number of hydrogen-bond donors (Lipinski definition) is 0. The number of anilines is 1. The molecule has 0 atom stereocenters. The molecule has 3 aromatic rings. The molecule has 0 saturated carbocycles. The van der Waals surface area contributed by atoms with Gasteiger partial charge in [0.15, 0.2) is 5.82 Å². The molecule has 4 heterocycles. The van der Waals surface area contributed by atoms with Crippen LogP contribution in [0.15, 0.2) is 41.7 Å². The number of hydrogen-bond acceptors (Lipinski definition) is 8. The minimum Gasteiger partial charge on any atom is -0.353 e. The van der Waals surface area contributed by atoms with Crippen molar-refractivity contribution >= 4 is 16.7 Å². The summed E-state index contributed by atoms with van der Waals surface area (Å²) in [5.41, 5.74) is 1.52. The highest BCUT2D eigenvalue weighted by Gasteiger charge is 2.21. The highest BCUT2D eigenvalue weighted by molar-refractivity contribution is 7.09. The molecule has 0 amide bonds. The van der Waals surface area contributed by atoms with Crippen molar-refractivity contribution in [3.63, 3.8) is 0 Å². The summed E-state index contributed by atoms with van der Waals surface area (Å²) in [6, 6.07) is 5.36. The van der Waals surface area contributed by atoms with E-state index in [2.05, 4.69) is 24.2 Å². The van der Waals surface area contributed by atoms with Crippen LogP contribution in [-0.4, -0.2) is 56.0 Å². The van der Waals surface area contributed by atoms with E-state index in [4.69, 9.17) is 0 Å². The van der Waals surface area contributed by atoms with Crippen molar-refractivity contribution in [3.05, 3.63) is 53.1 Å². The first-order chi connectivity index (χ1) is 14.1. The van der Waals surface area contributed by atoms with Gasteiger partial charge in [0.2, 0.25) is 5.13 Å². The second kappa shape index (κ2) is 8.79. The zero-order chi connectivity index (χ0) is 20.2. The van der Waals surface area contributed by atoms with Crippen molar-refractivity contribution in [2.45, 2.75) is 25.9 Å². The topological polar surface area (TPSA) is 80.0 Å². The van der Waals surface area contributed by atoms with Crippen LogP contribution in [0.4, 0.5) is 5.13 Å². The molecule has 0 unspecified atom stereocenters.